The Labute approximate surface area is 179 Å². The summed E-state index contributed by atoms with van der Waals surface area (Å²) in [5, 5.41) is 8.02. The Morgan fingerprint density at radius 3 is 2.59 bits per heavy atom. The van der Waals surface area contributed by atoms with E-state index in [1.165, 1.54) is 4.52 Å². The van der Waals surface area contributed by atoms with Crippen molar-refractivity contribution in [3.05, 3.63) is 46.0 Å². The van der Waals surface area contributed by atoms with Gasteiger partial charge in [0.1, 0.15) is 16.6 Å². The normalized spacial score (nSPS) is 13.5. The molecule has 0 atom stereocenters. The maximum atomic E-state index is 13.0. The third kappa shape index (κ3) is 6.35. The third-order valence-electron chi connectivity index (χ3n) is 4.31. The maximum absolute atomic E-state index is 13.0. The molecule has 0 saturated heterocycles. The fourth-order valence-electron chi connectivity index (χ4n) is 2.93. The van der Waals surface area contributed by atoms with Gasteiger partial charge < -0.3 is 10.1 Å². The van der Waals surface area contributed by atoms with Crippen molar-refractivity contribution < 1.29 is 4.74 Å². The third-order valence-corrected chi connectivity index (χ3v) is 4.63. The van der Waals surface area contributed by atoms with Gasteiger partial charge in [-0.3, -0.25) is 4.79 Å². The molecule has 7 heteroatoms. The summed E-state index contributed by atoms with van der Waals surface area (Å²) < 4.78 is 6.56. The number of rotatable bonds is 5. The molecule has 0 aromatic carbocycles. The molecule has 2 heterocycles. The number of hydrogen-bond acceptors (Lipinski definition) is 6. The molecule has 0 amide bonds. The van der Waals surface area contributed by atoms with Crippen LogP contribution in [0.3, 0.4) is 0 Å². The highest BCUT2D eigenvalue weighted by Gasteiger charge is 2.17. The van der Waals surface area contributed by atoms with Gasteiger partial charge in [-0.1, -0.05) is 33.8 Å². The van der Waals surface area contributed by atoms with Crippen LogP contribution in [0.1, 0.15) is 65.9 Å². The van der Waals surface area contributed by atoms with Crippen molar-refractivity contribution in [3.63, 3.8) is 0 Å². The Morgan fingerprint density at radius 2 is 2.00 bits per heavy atom. The number of allylic oxidation sites excluding steroid dienone is 3. The number of hydrogen-bond donors (Lipinski definition) is 2. The van der Waals surface area contributed by atoms with E-state index in [4.69, 9.17) is 4.74 Å². The van der Waals surface area contributed by atoms with Crippen LogP contribution in [0.2, 0.25) is 0 Å². The second-order valence-corrected chi connectivity index (χ2v) is 6.32. The van der Waals surface area contributed by atoms with Gasteiger partial charge in [0.25, 0.3) is 5.56 Å². The van der Waals surface area contributed by atoms with E-state index in [1.807, 2.05) is 40.7 Å². The molecule has 2 aromatic heterocycles. The number of anilines is 1. The van der Waals surface area contributed by atoms with E-state index in [0.29, 0.717) is 28.6 Å². The van der Waals surface area contributed by atoms with E-state index >= 15 is 0 Å². The fourth-order valence-corrected chi connectivity index (χ4v) is 3.27. The lowest BCUT2D eigenvalue weighted by Gasteiger charge is -2.14. The quantitative estimate of drug-likeness (QED) is 0.389. The summed E-state index contributed by atoms with van der Waals surface area (Å²) in [6, 6.07) is 3.55. The van der Waals surface area contributed by atoms with Crippen molar-refractivity contribution in [2.24, 2.45) is 0 Å². The highest BCUT2D eigenvalue weighted by Crippen LogP contribution is 2.27. The molecular weight excluding hydrogens is 384 g/mol. The highest BCUT2D eigenvalue weighted by atomic mass is 32.1. The summed E-state index contributed by atoms with van der Waals surface area (Å²) in [6.07, 6.45) is 8.11. The fraction of sp³-hybridized carbons (Fsp3) is 0.500. The van der Waals surface area contributed by atoms with Gasteiger partial charge in [-0.25, -0.2) is 4.98 Å². The van der Waals surface area contributed by atoms with Crippen LogP contribution >= 0.6 is 12.6 Å². The van der Waals surface area contributed by atoms with Gasteiger partial charge >= 0.3 is 0 Å². The molecule has 29 heavy (non-hydrogen) atoms. The molecule has 0 bridgehead atoms. The van der Waals surface area contributed by atoms with Crippen molar-refractivity contribution in [1.82, 2.24) is 14.6 Å². The van der Waals surface area contributed by atoms with Crippen molar-refractivity contribution in [2.45, 2.75) is 65.3 Å². The zero-order chi connectivity index (χ0) is 21.8. The van der Waals surface area contributed by atoms with Crippen molar-refractivity contribution in [3.8, 4) is 0 Å². The number of thiol groups is 1. The summed E-state index contributed by atoms with van der Waals surface area (Å²) >= 11 is 4.44. The van der Waals surface area contributed by atoms with E-state index in [-0.39, 0.29) is 5.56 Å². The minimum absolute atomic E-state index is 0.176. The predicted molar refractivity (Wildman–Crippen MR) is 125 cm³/mol. The predicted octanol–water partition coefficient (Wildman–Crippen LogP) is 5.35. The minimum atomic E-state index is -0.176. The Morgan fingerprint density at radius 1 is 1.28 bits per heavy atom. The summed E-state index contributed by atoms with van der Waals surface area (Å²) in [6.45, 7) is 10.4. The number of fused-ring (bicyclic) bond motifs is 1. The van der Waals surface area contributed by atoms with Crippen LogP contribution in [0, 0.1) is 0 Å². The maximum Gasteiger partial charge on any atom is 0.283 e. The molecule has 1 N–H and O–H groups in total. The largest absolute Gasteiger partial charge is 0.500 e. The minimum Gasteiger partial charge on any atom is -0.500 e. The first-order chi connectivity index (χ1) is 14.1. The monoisotopic (exact) mass is 418 g/mol. The lowest BCUT2D eigenvalue weighted by Crippen LogP contribution is -2.23. The number of methoxy groups -OCH3 is 1. The first-order valence-corrected chi connectivity index (χ1v) is 10.8. The molecule has 0 aliphatic heterocycles. The first kappa shape index (κ1) is 24.8. The lowest BCUT2D eigenvalue weighted by molar-refractivity contribution is 0.289. The van der Waals surface area contributed by atoms with Gasteiger partial charge in [-0.15, -0.1) is 17.7 Å². The SMILES string of the molecule is C/C=C(/CNc1ccc2nc(S)c(C3=CCCCC3)c(=O)n2n1)OC.CC.CC. The van der Waals surface area contributed by atoms with E-state index in [2.05, 4.69) is 34.1 Å². The summed E-state index contributed by atoms with van der Waals surface area (Å²) in [5.41, 5.74) is 1.90. The molecule has 0 fully saturated rings. The van der Waals surface area contributed by atoms with E-state index < -0.39 is 0 Å². The standard InChI is InChI=1S/C18H22N4O2S.2C2H6/c1-3-13(24-2)11-19-14-9-10-15-20-17(25)16(18(23)22(15)21-14)12-7-5-4-6-8-12;2*1-2/h3,7,9-10,25H,4-6,8,11H2,1-2H3,(H,19,21);2*1-2H3/b13-3-;;. The van der Waals surface area contributed by atoms with Crippen LogP contribution in [-0.4, -0.2) is 28.3 Å². The molecule has 0 radical (unpaired) electrons. The molecule has 160 valence electrons. The Balaban J connectivity index is 0.000000989. The molecule has 3 rings (SSSR count). The van der Waals surface area contributed by atoms with E-state index in [0.717, 1.165) is 37.0 Å². The van der Waals surface area contributed by atoms with Crippen molar-refractivity contribution >= 4 is 29.7 Å². The molecule has 0 unspecified atom stereocenters. The Hall–Kier alpha value is -2.28. The smallest absolute Gasteiger partial charge is 0.283 e. The van der Waals surface area contributed by atoms with Gasteiger partial charge in [0, 0.05) is 0 Å². The van der Waals surface area contributed by atoms with E-state index in [9.17, 15) is 4.79 Å². The zero-order valence-corrected chi connectivity index (χ0v) is 19.3. The summed E-state index contributed by atoms with van der Waals surface area (Å²) in [5.74, 6) is 1.38. The number of aromatic nitrogens is 3. The second-order valence-electron chi connectivity index (χ2n) is 5.89. The number of nitrogens with one attached hydrogen (secondary N) is 1. The average Bonchev–Trinajstić information content (AvgIpc) is 2.78. The lowest BCUT2D eigenvalue weighted by atomic mass is 9.95. The Bertz CT molecular complexity index is 904. The van der Waals surface area contributed by atoms with Gasteiger partial charge in [-0.2, -0.15) is 4.52 Å². The van der Waals surface area contributed by atoms with Crippen LogP contribution in [0.25, 0.3) is 11.2 Å². The van der Waals surface area contributed by atoms with Crippen molar-refractivity contribution in [2.75, 3.05) is 19.0 Å². The summed E-state index contributed by atoms with van der Waals surface area (Å²) in [4.78, 5) is 17.4. The van der Waals surface area contributed by atoms with Crippen molar-refractivity contribution in [1.29, 1.82) is 0 Å². The molecule has 0 spiro atoms. The van der Waals surface area contributed by atoms with Crippen LogP contribution in [0.15, 0.2) is 39.9 Å². The van der Waals surface area contributed by atoms with Crippen LogP contribution in [0.5, 0.6) is 0 Å². The van der Waals surface area contributed by atoms with Crippen LogP contribution in [-0.2, 0) is 4.74 Å². The molecule has 1 aliphatic carbocycles. The average molecular weight is 419 g/mol. The Kier molecular flexibility index (Phi) is 11.1. The molecule has 1 aliphatic rings. The molecule has 2 aromatic rings. The zero-order valence-electron chi connectivity index (χ0n) is 18.5. The van der Waals surface area contributed by atoms with Crippen LogP contribution in [0.4, 0.5) is 5.82 Å². The second kappa shape index (κ2) is 13.0. The summed E-state index contributed by atoms with van der Waals surface area (Å²) in [7, 11) is 1.62. The van der Waals surface area contributed by atoms with Crippen LogP contribution < -0.4 is 10.9 Å². The first-order valence-electron chi connectivity index (χ1n) is 10.4. The van der Waals surface area contributed by atoms with Gasteiger partial charge in [0.15, 0.2) is 5.65 Å². The van der Waals surface area contributed by atoms with Gasteiger partial charge in [-0.05, 0) is 56.4 Å². The molecule has 6 nitrogen and oxygen atoms in total. The number of ether oxygens (including phenoxy) is 1. The molecule has 0 saturated carbocycles. The highest BCUT2D eigenvalue weighted by molar-refractivity contribution is 7.80. The number of nitrogens with zero attached hydrogens (tertiary/aromatic N) is 3. The van der Waals surface area contributed by atoms with E-state index in [1.54, 1.807) is 19.2 Å². The van der Waals surface area contributed by atoms with Gasteiger partial charge in [0.2, 0.25) is 0 Å². The van der Waals surface area contributed by atoms with Gasteiger partial charge in [0.05, 0.1) is 19.2 Å². The topological polar surface area (TPSA) is 68.5 Å². The molecular formula is C22H34N4O2S.